The molecule has 1 heterocycles. The number of rotatable bonds is 1. The molecule has 1 aromatic heterocycles. The molecular formula is C10H6F2N2S. The van der Waals surface area contributed by atoms with E-state index in [4.69, 9.17) is 12.2 Å². The average molecular weight is 224 g/mol. The molecule has 2 nitrogen and oxygen atoms in total. The Morgan fingerprint density at radius 1 is 1.07 bits per heavy atom. The minimum absolute atomic E-state index is 0.442. The average Bonchev–Trinajstić information content (AvgIpc) is 2.22. The molecule has 0 saturated heterocycles. The normalized spacial score (nSPS) is 10.3. The van der Waals surface area contributed by atoms with E-state index in [-0.39, 0.29) is 0 Å². The van der Waals surface area contributed by atoms with Crippen LogP contribution in [0.2, 0.25) is 0 Å². The van der Waals surface area contributed by atoms with Crippen LogP contribution >= 0.6 is 12.2 Å². The Bertz CT molecular complexity index is 551. The summed E-state index contributed by atoms with van der Waals surface area (Å²) in [6.45, 7) is 0. The summed E-state index contributed by atoms with van der Waals surface area (Å²) < 4.78 is 26.1. The standard InChI is InChI=1S/C10H6F2N2S/c11-8-2-1-6(3-9(8)12)7-4-10(15)14-13-5-7/h1-5H,(H,14,15). The van der Waals surface area contributed by atoms with E-state index in [1.165, 1.54) is 12.3 Å². The molecular weight excluding hydrogens is 218 g/mol. The monoisotopic (exact) mass is 224 g/mol. The van der Waals surface area contributed by atoms with Gasteiger partial charge in [-0.15, -0.1) is 0 Å². The van der Waals surface area contributed by atoms with Crippen LogP contribution in [0, 0.1) is 16.3 Å². The van der Waals surface area contributed by atoms with Gasteiger partial charge in [0.25, 0.3) is 0 Å². The predicted molar refractivity (Wildman–Crippen MR) is 54.8 cm³/mol. The topological polar surface area (TPSA) is 28.7 Å². The highest BCUT2D eigenvalue weighted by molar-refractivity contribution is 7.71. The summed E-state index contributed by atoms with van der Waals surface area (Å²) in [5, 5.41) is 6.33. The van der Waals surface area contributed by atoms with Crippen molar-refractivity contribution < 1.29 is 8.78 Å². The van der Waals surface area contributed by atoms with Crippen LogP contribution in [-0.2, 0) is 0 Å². The quantitative estimate of drug-likeness (QED) is 0.754. The minimum atomic E-state index is -0.883. The molecule has 2 aromatic rings. The number of benzene rings is 1. The Kier molecular flexibility index (Phi) is 2.55. The van der Waals surface area contributed by atoms with Crippen LogP contribution in [0.25, 0.3) is 11.1 Å². The third-order valence-corrected chi connectivity index (χ3v) is 2.13. The lowest BCUT2D eigenvalue weighted by atomic mass is 10.1. The summed E-state index contributed by atoms with van der Waals surface area (Å²) >= 11 is 4.87. The summed E-state index contributed by atoms with van der Waals surface area (Å²) in [5.41, 5.74) is 1.19. The van der Waals surface area contributed by atoms with Gasteiger partial charge < -0.3 is 0 Å². The molecule has 5 heteroatoms. The van der Waals surface area contributed by atoms with Gasteiger partial charge >= 0.3 is 0 Å². The van der Waals surface area contributed by atoms with Crippen molar-refractivity contribution in [1.82, 2.24) is 10.2 Å². The van der Waals surface area contributed by atoms with E-state index >= 15 is 0 Å². The van der Waals surface area contributed by atoms with Gasteiger partial charge in [-0.2, -0.15) is 5.10 Å². The zero-order valence-corrected chi connectivity index (χ0v) is 8.31. The van der Waals surface area contributed by atoms with Crippen molar-refractivity contribution in [3.05, 3.63) is 46.7 Å². The summed E-state index contributed by atoms with van der Waals surface area (Å²) in [4.78, 5) is 0. The zero-order valence-electron chi connectivity index (χ0n) is 7.50. The summed E-state index contributed by atoms with van der Waals surface area (Å²) in [7, 11) is 0. The molecule has 0 aliphatic carbocycles. The first-order valence-electron chi connectivity index (χ1n) is 4.17. The van der Waals surface area contributed by atoms with Crippen LogP contribution in [0.15, 0.2) is 30.5 Å². The van der Waals surface area contributed by atoms with Gasteiger partial charge in [0.15, 0.2) is 11.6 Å². The maximum Gasteiger partial charge on any atom is 0.159 e. The van der Waals surface area contributed by atoms with Crippen molar-refractivity contribution in [3.63, 3.8) is 0 Å². The third-order valence-electron chi connectivity index (χ3n) is 1.92. The Morgan fingerprint density at radius 2 is 1.87 bits per heavy atom. The SMILES string of the molecule is Fc1ccc(-c2cn[nH]c(=S)c2)cc1F. The first-order chi connectivity index (χ1) is 7.16. The molecule has 0 amide bonds. The van der Waals surface area contributed by atoms with Crippen molar-refractivity contribution in [2.75, 3.05) is 0 Å². The molecule has 15 heavy (non-hydrogen) atoms. The zero-order chi connectivity index (χ0) is 10.8. The van der Waals surface area contributed by atoms with Crippen LogP contribution in [0.1, 0.15) is 0 Å². The van der Waals surface area contributed by atoms with Crippen molar-refractivity contribution in [3.8, 4) is 11.1 Å². The lowest BCUT2D eigenvalue weighted by molar-refractivity contribution is 0.509. The highest BCUT2D eigenvalue weighted by Crippen LogP contribution is 2.20. The first-order valence-corrected chi connectivity index (χ1v) is 4.58. The van der Waals surface area contributed by atoms with Gasteiger partial charge in [0, 0.05) is 5.56 Å². The number of hydrogen-bond acceptors (Lipinski definition) is 2. The fourth-order valence-electron chi connectivity index (χ4n) is 1.21. The number of H-pyrrole nitrogens is 1. The molecule has 0 spiro atoms. The van der Waals surface area contributed by atoms with E-state index in [0.29, 0.717) is 15.8 Å². The van der Waals surface area contributed by atoms with Crippen LogP contribution in [0.5, 0.6) is 0 Å². The first kappa shape index (κ1) is 9.92. The number of hydrogen-bond donors (Lipinski definition) is 1. The molecule has 1 N–H and O–H groups in total. The van der Waals surface area contributed by atoms with E-state index in [1.54, 1.807) is 6.07 Å². The van der Waals surface area contributed by atoms with Crippen LogP contribution in [0.4, 0.5) is 8.78 Å². The molecule has 0 saturated carbocycles. The largest absolute Gasteiger partial charge is 0.268 e. The molecule has 76 valence electrons. The predicted octanol–water partition coefficient (Wildman–Crippen LogP) is 3.08. The number of nitrogens with zero attached hydrogens (tertiary/aromatic N) is 1. The van der Waals surface area contributed by atoms with Crippen molar-refractivity contribution in [2.45, 2.75) is 0 Å². The fraction of sp³-hybridized carbons (Fsp3) is 0. The van der Waals surface area contributed by atoms with Gasteiger partial charge in [-0.1, -0.05) is 18.3 Å². The molecule has 0 bridgehead atoms. The maximum absolute atomic E-state index is 12.9. The second kappa shape index (κ2) is 3.86. The van der Waals surface area contributed by atoms with E-state index in [1.807, 2.05) is 0 Å². The molecule has 0 atom stereocenters. The second-order valence-electron chi connectivity index (χ2n) is 2.96. The van der Waals surface area contributed by atoms with Crippen molar-refractivity contribution in [2.24, 2.45) is 0 Å². The van der Waals surface area contributed by atoms with Gasteiger partial charge in [0.05, 0.1) is 6.20 Å². The Labute approximate surface area is 89.6 Å². The second-order valence-corrected chi connectivity index (χ2v) is 3.40. The van der Waals surface area contributed by atoms with Gasteiger partial charge in [0.1, 0.15) is 4.64 Å². The Hall–Kier alpha value is -1.62. The summed E-state index contributed by atoms with van der Waals surface area (Å²) in [6, 6.07) is 5.30. The van der Waals surface area contributed by atoms with Crippen LogP contribution < -0.4 is 0 Å². The van der Waals surface area contributed by atoms with E-state index < -0.39 is 11.6 Å². The number of aromatic amines is 1. The summed E-state index contributed by atoms with van der Waals surface area (Å²) in [5.74, 6) is -1.75. The lowest BCUT2D eigenvalue weighted by Crippen LogP contribution is -1.87. The Balaban J connectivity index is 2.55. The number of aromatic nitrogens is 2. The Morgan fingerprint density at radius 3 is 2.53 bits per heavy atom. The third kappa shape index (κ3) is 2.07. The minimum Gasteiger partial charge on any atom is -0.268 e. The molecule has 0 aliphatic heterocycles. The molecule has 0 unspecified atom stereocenters. The van der Waals surface area contributed by atoms with Gasteiger partial charge in [0.2, 0.25) is 0 Å². The van der Waals surface area contributed by atoms with Crippen molar-refractivity contribution >= 4 is 12.2 Å². The molecule has 1 aromatic carbocycles. The highest BCUT2D eigenvalue weighted by atomic mass is 32.1. The number of nitrogens with one attached hydrogen (secondary N) is 1. The van der Waals surface area contributed by atoms with E-state index in [0.717, 1.165) is 12.1 Å². The lowest BCUT2D eigenvalue weighted by Gasteiger charge is -2.00. The molecule has 0 aliphatic rings. The molecule has 0 fully saturated rings. The van der Waals surface area contributed by atoms with Gasteiger partial charge in [-0.3, -0.25) is 5.10 Å². The van der Waals surface area contributed by atoms with E-state index in [9.17, 15) is 8.78 Å². The van der Waals surface area contributed by atoms with Gasteiger partial charge in [-0.05, 0) is 23.8 Å². The molecule has 2 rings (SSSR count). The summed E-state index contributed by atoms with van der Waals surface area (Å²) in [6.07, 6.45) is 1.50. The maximum atomic E-state index is 12.9. The molecule has 0 radical (unpaired) electrons. The highest BCUT2D eigenvalue weighted by Gasteiger charge is 2.04. The van der Waals surface area contributed by atoms with Crippen LogP contribution in [-0.4, -0.2) is 10.2 Å². The van der Waals surface area contributed by atoms with Gasteiger partial charge in [-0.25, -0.2) is 8.78 Å². The smallest absolute Gasteiger partial charge is 0.159 e. The van der Waals surface area contributed by atoms with Crippen LogP contribution in [0.3, 0.4) is 0 Å². The number of halogens is 2. The van der Waals surface area contributed by atoms with Crippen molar-refractivity contribution in [1.29, 1.82) is 0 Å². The fourth-order valence-corrected chi connectivity index (χ4v) is 1.39. The van der Waals surface area contributed by atoms with E-state index in [2.05, 4.69) is 10.2 Å².